The Kier molecular flexibility index (Phi) is 5.78. The van der Waals surface area contributed by atoms with E-state index in [2.05, 4.69) is 25.9 Å². The molecule has 0 saturated heterocycles. The van der Waals surface area contributed by atoms with E-state index in [4.69, 9.17) is 4.74 Å². The highest BCUT2D eigenvalue weighted by Gasteiger charge is 2.30. The number of likely N-dealkylation sites (N-methyl/N-ethyl adjacent to an activating group) is 1. The van der Waals surface area contributed by atoms with E-state index in [1.54, 1.807) is 13.1 Å². The van der Waals surface area contributed by atoms with E-state index >= 15 is 0 Å². The van der Waals surface area contributed by atoms with Crippen LogP contribution in [0.4, 0.5) is 0 Å². The summed E-state index contributed by atoms with van der Waals surface area (Å²) in [6, 6.07) is 0. The molecule has 0 aliphatic rings. The molecular weight excluding hydrogens is 298 g/mol. The Labute approximate surface area is 117 Å². The normalized spacial score (nSPS) is 15.1. The lowest BCUT2D eigenvalue weighted by molar-refractivity contribution is -0.0407. The number of halogens is 1. The molecule has 0 fully saturated rings. The summed E-state index contributed by atoms with van der Waals surface area (Å²) in [7, 11) is 4.02. The van der Waals surface area contributed by atoms with Crippen LogP contribution in [0.25, 0.3) is 0 Å². The summed E-state index contributed by atoms with van der Waals surface area (Å²) in [5.41, 5.74) is -0.282. The standard InChI is InChI=1S/C12H22BrN3O2/c1-5-18-9-12(2,17)11-10(13)8-14-16(11)7-6-15(3)4/h8,17H,5-7,9H2,1-4H3. The molecule has 1 heterocycles. The number of ether oxygens (including phenoxy) is 1. The first-order valence-corrected chi connectivity index (χ1v) is 6.84. The molecule has 0 amide bonds. The maximum Gasteiger partial charge on any atom is 0.128 e. The molecule has 0 bridgehead atoms. The third kappa shape index (κ3) is 4.05. The van der Waals surface area contributed by atoms with E-state index in [0.29, 0.717) is 6.61 Å². The average Bonchev–Trinajstić information content (AvgIpc) is 2.66. The molecular formula is C12H22BrN3O2. The molecule has 1 unspecified atom stereocenters. The van der Waals surface area contributed by atoms with E-state index in [9.17, 15) is 5.11 Å². The minimum atomic E-state index is -1.04. The van der Waals surface area contributed by atoms with Gasteiger partial charge >= 0.3 is 0 Å². The number of aromatic nitrogens is 2. The second kappa shape index (κ2) is 6.65. The minimum Gasteiger partial charge on any atom is -0.381 e. The van der Waals surface area contributed by atoms with Crippen LogP contribution >= 0.6 is 15.9 Å². The fourth-order valence-corrected chi connectivity index (χ4v) is 2.45. The van der Waals surface area contributed by atoms with Crippen LogP contribution in [-0.2, 0) is 16.9 Å². The first-order chi connectivity index (χ1) is 8.38. The van der Waals surface area contributed by atoms with Gasteiger partial charge in [-0.2, -0.15) is 5.10 Å². The fraction of sp³-hybridized carbons (Fsp3) is 0.750. The van der Waals surface area contributed by atoms with Crippen molar-refractivity contribution in [2.45, 2.75) is 26.0 Å². The van der Waals surface area contributed by atoms with Crippen molar-refractivity contribution in [1.82, 2.24) is 14.7 Å². The third-order valence-electron chi connectivity index (χ3n) is 2.65. The van der Waals surface area contributed by atoms with Gasteiger partial charge in [0.05, 0.1) is 29.5 Å². The summed E-state index contributed by atoms with van der Waals surface area (Å²) >= 11 is 3.44. The Bertz CT molecular complexity index is 377. The Morgan fingerprint density at radius 2 is 2.22 bits per heavy atom. The summed E-state index contributed by atoms with van der Waals surface area (Å²) in [5, 5.41) is 14.8. The number of hydrogen-bond acceptors (Lipinski definition) is 4. The van der Waals surface area contributed by atoms with Gasteiger partial charge < -0.3 is 14.7 Å². The van der Waals surface area contributed by atoms with Gasteiger partial charge in [-0.15, -0.1) is 0 Å². The predicted octanol–water partition coefficient (Wildman–Crippen LogP) is 1.45. The zero-order chi connectivity index (χ0) is 13.8. The van der Waals surface area contributed by atoms with Gasteiger partial charge in [0.15, 0.2) is 0 Å². The van der Waals surface area contributed by atoms with Crippen LogP contribution in [0.2, 0.25) is 0 Å². The predicted molar refractivity (Wildman–Crippen MR) is 74.5 cm³/mol. The summed E-state index contributed by atoms with van der Waals surface area (Å²) in [4.78, 5) is 2.08. The highest BCUT2D eigenvalue weighted by atomic mass is 79.9. The van der Waals surface area contributed by atoms with Crippen LogP contribution in [0.5, 0.6) is 0 Å². The number of rotatable bonds is 7. The summed E-state index contributed by atoms with van der Waals surface area (Å²) < 4.78 is 7.97. The molecule has 1 aromatic heterocycles. The minimum absolute atomic E-state index is 0.260. The average molecular weight is 320 g/mol. The van der Waals surface area contributed by atoms with Crippen molar-refractivity contribution in [3.8, 4) is 0 Å². The third-order valence-corrected chi connectivity index (χ3v) is 3.23. The van der Waals surface area contributed by atoms with Gasteiger partial charge in [-0.3, -0.25) is 4.68 Å². The quantitative estimate of drug-likeness (QED) is 0.826. The van der Waals surface area contributed by atoms with Crippen LogP contribution < -0.4 is 0 Å². The van der Waals surface area contributed by atoms with Gasteiger partial charge in [0.25, 0.3) is 0 Å². The molecule has 0 radical (unpaired) electrons. The first kappa shape index (κ1) is 15.6. The van der Waals surface area contributed by atoms with Crippen LogP contribution in [0.3, 0.4) is 0 Å². The second-order valence-corrected chi connectivity index (χ2v) is 5.63. The van der Waals surface area contributed by atoms with Crippen LogP contribution in [0, 0.1) is 0 Å². The summed E-state index contributed by atoms with van der Waals surface area (Å²) in [5.74, 6) is 0. The van der Waals surface area contributed by atoms with E-state index in [1.165, 1.54) is 0 Å². The molecule has 0 aliphatic carbocycles. The lowest BCUT2D eigenvalue weighted by Gasteiger charge is -2.25. The van der Waals surface area contributed by atoms with Crippen molar-refractivity contribution in [1.29, 1.82) is 0 Å². The zero-order valence-corrected chi connectivity index (χ0v) is 13.1. The molecule has 1 N–H and O–H groups in total. The molecule has 0 aromatic carbocycles. The van der Waals surface area contributed by atoms with Crippen molar-refractivity contribution in [3.05, 3.63) is 16.4 Å². The molecule has 104 valence electrons. The highest BCUT2D eigenvalue weighted by Crippen LogP contribution is 2.28. The molecule has 0 saturated carbocycles. The fourth-order valence-electron chi connectivity index (χ4n) is 1.73. The van der Waals surface area contributed by atoms with E-state index in [-0.39, 0.29) is 6.61 Å². The monoisotopic (exact) mass is 319 g/mol. The smallest absolute Gasteiger partial charge is 0.128 e. The van der Waals surface area contributed by atoms with Gasteiger partial charge in [0, 0.05) is 13.2 Å². The van der Waals surface area contributed by atoms with Gasteiger partial charge in [-0.1, -0.05) is 0 Å². The molecule has 0 aliphatic heterocycles. The Hall–Kier alpha value is -0.430. The molecule has 6 heteroatoms. The number of hydrogen-bond donors (Lipinski definition) is 1. The lowest BCUT2D eigenvalue weighted by atomic mass is 10.0. The van der Waals surface area contributed by atoms with Crippen molar-refractivity contribution in [2.75, 3.05) is 33.9 Å². The maximum atomic E-state index is 10.5. The Morgan fingerprint density at radius 1 is 1.56 bits per heavy atom. The van der Waals surface area contributed by atoms with Crippen molar-refractivity contribution < 1.29 is 9.84 Å². The lowest BCUT2D eigenvalue weighted by Crippen LogP contribution is -2.32. The maximum absolute atomic E-state index is 10.5. The van der Waals surface area contributed by atoms with Gasteiger partial charge in [0.2, 0.25) is 0 Å². The topological polar surface area (TPSA) is 50.5 Å². The molecule has 1 rings (SSSR count). The largest absolute Gasteiger partial charge is 0.381 e. The van der Waals surface area contributed by atoms with Crippen molar-refractivity contribution in [2.24, 2.45) is 0 Å². The van der Waals surface area contributed by atoms with Crippen molar-refractivity contribution in [3.63, 3.8) is 0 Å². The van der Waals surface area contributed by atoms with Crippen LogP contribution in [0.1, 0.15) is 19.5 Å². The van der Waals surface area contributed by atoms with Crippen LogP contribution in [-0.4, -0.2) is 53.6 Å². The van der Waals surface area contributed by atoms with Crippen molar-refractivity contribution >= 4 is 15.9 Å². The number of nitrogens with zero attached hydrogens (tertiary/aromatic N) is 3. The molecule has 0 spiro atoms. The second-order valence-electron chi connectivity index (χ2n) is 4.78. The van der Waals surface area contributed by atoms with E-state index < -0.39 is 5.60 Å². The van der Waals surface area contributed by atoms with Crippen LogP contribution in [0.15, 0.2) is 10.7 Å². The van der Waals surface area contributed by atoms with Gasteiger partial charge in [0.1, 0.15) is 5.60 Å². The Balaban J connectivity index is 2.88. The van der Waals surface area contributed by atoms with E-state index in [0.717, 1.165) is 23.3 Å². The van der Waals surface area contributed by atoms with E-state index in [1.807, 2.05) is 25.7 Å². The highest BCUT2D eigenvalue weighted by molar-refractivity contribution is 9.10. The molecule has 1 atom stereocenters. The zero-order valence-electron chi connectivity index (χ0n) is 11.5. The molecule has 18 heavy (non-hydrogen) atoms. The molecule has 1 aromatic rings. The first-order valence-electron chi connectivity index (χ1n) is 6.05. The van der Waals surface area contributed by atoms with Gasteiger partial charge in [-0.25, -0.2) is 0 Å². The Morgan fingerprint density at radius 3 is 2.78 bits per heavy atom. The SMILES string of the molecule is CCOCC(C)(O)c1c(Br)cnn1CCN(C)C. The number of aliphatic hydroxyl groups is 1. The summed E-state index contributed by atoms with van der Waals surface area (Å²) in [6.45, 7) is 6.10. The van der Waals surface area contributed by atoms with Gasteiger partial charge in [-0.05, 0) is 43.9 Å². The summed E-state index contributed by atoms with van der Waals surface area (Å²) in [6.07, 6.45) is 1.71. The molecule has 5 nitrogen and oxygen atoms in total.